The van der Waals surface area contributed by atoms with Crippen molar-refractivity contribution < 1.29 is 19.1 Å². The molecule has 1 aliphatic carbocycles. The summed E-state index contributed by atoms with van der Waals surface area (Å²) < 4.78 is 12.2. The Morgan fingerprint density at radius 2 is 1.82 bits per heavy atom. The molecule has 2 fully saturated rings. The zero-order valence-corrected chi connectivity index (χ0v) is 20.7. The number of hydrogen-bond donors (Lipinski definition) is 0. The summed E-state index contributed by atoms with van der Waals surface area (Å²) in [6, 6.07) is 14.4. The zero-order chi connectivity index (χ0) is 23.8. The molecule has 1 amide bonds. The number of morpholine rings is 1. The maximum absolute atomic E-state index is 14.0. The first kappa shape index (κ1) is 24.1. The van der Waals surface area contributed by atoms with Gasteiger partial charge in [0.05, 0.1) is 13.0 Å². The van der Waals surface area contributed by atoms with Crippen LogP contribution in [0.5, 0.6) is 0 Å². The molecule has 0 N–H and O–H groups in total. The van der Waals surface area contributed by atoms with Crippen LogP contribution in [0.4, 0.5) is 0 Å². The molecule has 0 radical (unpaired) electrons. The molecule has 0 aromatic heterocycles. The minimum atomic E-state index is -1.52. The molecule has 0 spiro atoms. The molecule has 4 rings (SSSR count). The minimum Gasteiger partial charge on any atom is -0.460 e. The van der Waals surface area contributed by atoms with E-state index in [2.05, 4.69) is 0 Å². The lowest BCUT2D eigenvalue weighted by atomic mass is 9.85. The lowest BCUT2D eigenvalue weighted by molar-refractivity contribution is -0.200. The first-order valence-corrected chi connectivity index (χ1v) is 12.0. The van der Waals surface area contributed by atoms with Gasteiger partial charge in [-0.2, -0.15) is 0 Å². The van der Waals surface area contributed by atoms with Crippen LogP contribution in [0.2, 0.25) is 10.0 Å². The van der Waals surface area contributed by atoms with E-state index in [1.807, 2.05) is 23.1 Å². The summed E-state index contributed by atoms with van der Waals surface area (Å²) >= 11 is 12.4. The quantitative estimate of drug-likeness (QED) is 0.471. The molecule has 1 heterocycles. The maximum atomic E-state index is 14.0. The molecule has 2 unspecified atom stereocenters. The summed E-state index contributed by atoms with van der Waals surface area (Å²) in [6.07, 6.45) is 1.53. The minimum absolute atomic E-state index is 0.221. The number of amides is 1. The average molecular weight is 490 g/mol. The molecule has 7 heteroatoms. The Kier molecular flexibility index (Phi) is 6.77. The van der Waals surface area contributed by atoms with E-state index in [4.69, 9.17) is 32.7 Å². The highest BCUT2D eigenvalue weighted by Crippen LogP contribution is 2.44. The Morgan fingerprint density at radius 1 is 1.12 bits per heavy atom. The van der Waals surface area contributed by atoms with E-state index < -0.39 is 23.3 Å². The van der Waals surface area contributed by atoms with Crippen molar-refractivity contribution >= 4 is 35.1 Å². The molecule has 1 saturated heterocycles. The SMILES string of the molecule is CC(C)(C)OC(=O)CC1(c2ccc(Cl)cc2)OC(c2cccc(Cl)c2)CN(CC2CC2)C1=O. The van der Waals surface area contributed by atoms with E-state index in [0.717, 1.165) is 18.4 Å². The number of rotatable bonds is 6. The molecule has 2 aromatic rings. The van der Waals surface area contributed by atoms with Gasteiger partial charge >= 0.3 is 5.97 Å². The fourth-order valence-corrected chi connectivity index (χ4v) is 4.55. The predicted molar refractivity (Wildman–Crippen MR) is 128 cm³/mol. The average Bonchev–Trinajstić information content (AvgIpc) is 3.54. The third-order valence-electron chi connectivity index (χ3n) is 5.88. The standard InChI is InChI=1S/C26H29Cl2NO4/c1-25(2,3)33-23(30)14-26(19-9-11-20(27)12-10-19)24(31)29(15-17-7-8-17)16-22(32-26)18-5-4-6-21(28)13-18/h4-6,9-13,17,22H,7-8,14-16H2,1-3H3. The molecule has 1 aliphatic heterocycles. The number of nitrogens with zero attached hydrogens (tertiary/aromatic N) is 1. The molecular weight excluding hydrogens is 461 g/mol. The lowest BCUT2D eigenvalue weighted by Gasteiger charge is -2.45. The fraction of sp³-hybridized carbons (Fsp3) is 0.462. The van der Waals surface area contributed by atoms with Gasteiger partial charge in [-0.05, 0) is 74.9 Å². The van der Waals surface area contributed by atoms with E-state index in [1.54, 1.807) is 51.1 Å². The predicted octanol–water partition coefficient (Wildman–Crippen LogP) is 5.93. The van der Waals surface area contributed by atoms with Crippen LogP contribution in [0.15, 0.2) is 48.5 Å². The van der Waals surface area contributed by atoms with E-state index in [-0.39, 0.29) is 12.3 Å². The van der Waals surface area contributed by atoms with Crippen molar-refractivity contribution in [3.8, 4) is 0 Å². The number of carbonyl (C=O) groups is 2. The topological polar surface area (TPSA) is 55.8 Å². The van der Waals surface area contributed by atoms with Gasteiger partial charge in [0, 0.05) is 16.6 Å². The van der Waals surface area contributed by atoms with E-state index in [9.17, 15) is 9.59 Å². The molecule has 33 heavy (non-hydrogen) atoms. The Bertz CT molecular complexity index is 1030. The fourth-order valence-electron chi connectivity index (χ4n) is 4.23. The van der Waals surface area contributed by atoms with Crippen molar-refractivity contribution in [1.29, 1.82) is 0 Å². The molecule has 2 aromatic carbocycles. The second-order valence-corrected chi connectivity index (χ2v) is 10.8. The van der Waals surface area contributed by atoms with Gasteiger partial charge in [0.2, 0.25) is 0 Å². The highest BCUT2D eigenvalue weighted by molar-refractivity contribution is 6.30. The highest BCUT2D eigenvalue weighted by atomic mass is 35.5. The van der Waals surface area contributed by atoms with Crippen LogP contribution in [0.3, 0.4) is 0 Å². The lowest BCUT2D eigenvalue weighted by Crippen LogP contribution is -2.57. The van der Waals surface area contributed by atoms with Crippen LogP contribution in [-0.4, -0.2) is 35.5 Å². The first-order valence-electron chi connectivity index (χ1n) is 11.3. The second kappa shape index (κ2) is 9.28. The number of carbonyl (C=O) groups excluding carboxylic acids is 2. The molecular formula is C26H29Cl2NO4. The summed E-state index contributed by atoms with van der Waals surface area (Å²) in [4.78, 5) is 28.9. The smallest absolute Gasteiger partial charge is 0.310 e. The number of ether oxygens (including phenoxy) is 2. The van der Waals surface area contributed by atoms with Crippen LogP contribution in [0, 0.1) is 5.92 Å². The van der Waals surface area contributed by atoms with Crippen LogP contribution in [0.25, 0.3) is 0 Å². The van der Waals surface area contributed by atoms with Crippen molar-refractivity contribution in [2.24, 2.45) is 5.92 Å². The Balaban J connectivity index is 1.78. The monoisotopic (exact) mass is 489 g/mol. The largest absolute Gasteiger partial charge is 0.460 e. The molecule has 1 saturated carbocycles. The van der Waals surface area contributed by atoms with Gasteiger partial charge in [0.1, 0.15) is 11.7 Å². The Morgan fingerprint density at radius 3 is 2.42 bits per heavy atom. The van der Waals surface area contributed by atoms with Gasteiger partial charge in [-0.25, -0.2) is 0 Å². The Hall–Kier alpha value is -2.08. The second-order valence-electron chi connectivity index (χ2n) is 9.91. The van der Waals surface area contributed by atoms with Crippen molar-refractivity contribution in [3.05, 3.63) is 69.7 Å². The summed E-state index contributed by atoms with van der Waals surface area (Å²) in [7, 11) is 0. The van der Waals surface area contributed by atoms with Gasteiger partial charge < -0.3 is 14.4 Å². The van der Waals surface area contributed by atoms with Crippen molar-refractivity contribution in [2.45, 2.75) is 57.3 Å². The van der Waals surface area contributed by atoms with E-state index in [1.165, 1.54) is 0 Å². The highest BCUT2D eigenvalue weighted by Gasteiger charge is 2.52. The molecule has 2 aliphatic rings. The van der Waals surface area contributed by atoms with E-state index >= 15 is 0 Å². The van der Waals surface area contributed by atoms with Gasteiger partial charge in [-0.15, -0.1) is 0 Å². The van der Waals surface area contributed by atoms with Crippen molar-refractivity contribution in [1.82, 2.24) is 4.90 Å². The zero-order valence-electron chi connectivity index (χ0n) is 19.1. The number of halogens is 2. The summed E-state index contributed by atoms with van der Waals surface area (Å²) in [6.45, 7) is 6.45. The molecule has 0 bridgehead atoms. The maximum Gasteiger partial charge on any atom is 0.310 e. The van der Waals surface area contributed by atoms with Gasteiger partial charge in [-0.1, -0.05) is 47.5 Å². The third kappa shape index (κ3) is 5.71. The Labute approximate surface area is 205 Å². The third-order valence-corrected chi connectivity index (χ3v) is 6.37. The number of benzene rings is 2. The molecule has 2 atom stereocenters. The first-order chi connectivity index (χ1) is 15.6. The molecule has 176 valence electrons. The van der Waals surface area contributed by atoms with Crippen LogP contribution in [-0.2, 0) is 24.7 Å². The summed E-state index contributed by atoms with van der Waals surface area (Å²) in [5, 5.41) is 1.13. The summed E-state index contributed by atoms with van der Waals surface area (Å²) in [5.74, 6) is -0.235. The van der Waals surface area contributed by atoms with Crippen LogP contribution < -0.4 is 0 Å². The van der Waals surface area contributed by atoms with Gasteiger partial charge in [-0.3, -0.25) is 9.59 Å². The van der Waals surface area contributed by atoms with Crippen LogP contribution in [0.1, 0.15) is 57.3 Å². The van der Waals surface area contributed by atoms with Crippen molar-refractivity contribution in [3.63, 3.8) is 0 Å². The van der Waals surface area contributed by atoms with Gasteiger partial charge in [0.25, 0.3) is 5.91 Å². The van der Waals surface area contributed by atoms with Gasteiger partial charge in [0.15, 0.2) is 5.60 Å². The van der Waals surface area contributed by atoms with E-state index in [0.29, 0.717) is 34.6 Å². The number of esters is 1. The molecule has 5 nitrogen and oxygen atoms in total. The van der Waals surface area contributed by atoms with Crippen molar-refractivity contribution in [2.75, 3.05) is 13.1 Å². The van der Waals surface area contributed by atoms with Crippen LogP contribution >= 0.6 is 23.2 Å². The normalized spacial score (nSPS) is 23.5. The number of hydrogen-bond acceptors (Lipinski definition) is 4. The summed E-state index contributed by atoms with van der Waals surface area (Å²) in [5.41, 5.74) is -0.767.